The second-order valence-corrected chi connectivity index (χ2v) is 5.62. The van der Waals surface area contributed by atoms with Crippen LogP contribution >= 0.6 is 0 Å². The number of amides is 2. The standard InChI is InChI=1S/C15H18N4O5/c1-8(13(21)22)16-12(20)10-6-4-9(5-7-10)11-15(2,18-24)14(23)19(3)17-11/h4-8,18,24H,1-3H3,(H,16,20)(H,21,22)/t8-,15?/m0/s1. The van der Waals surface area contributed by atoms with Crippen LogP contribution in [0.5, 0.6) is 0 Å². The van der Waals surface area contributed by atoms with E-state index in [-0.39, 0.29) is 5.56 Å². The average molecular weight is 334 g/mol. The number of hydrogen-bond acceptors (Lipinski definition) is 6. The fourth-order valence-electron chi connectivity index (χ4n) is 2.29. The van der Waals surface area contributed by atoms with Crippen molar-refractivity contribution in [3.8, 4) is 0 Å². The van der Waals surface area contributed by atoms with E-state index in [0.29, 0.717) is 11.3 Å². The number of hydroxylamine groups is 1. The van der Waals surface area contributed by atoms with Crippen molar-refractivity contribution in [2.75, 3.05) is 7.05 Å². The van der Waals surface area contributed by atoms with Crippen molar-refractivity contribution in [3.63, 3.8) is 0 Å². The predicted molar refractivity (Wildman–Crippen MR) is 83.6 cm³/mol. The zero-order valence-electron chi connectivity index (χ0n) is 13.4. The van der Waals surface area contributed by atoms with Crippen molar-refractivity contribution in [3.05, 3.63) is 35.4 Å². The van der Waals surface area contributed by atoms with Crippen molar-refractivity contribution in [2.45, 2.75) is 25.4 Å². The van der Waals surface area contributed by atoms with Crippen LogP contribution in [0.25, 0.3) is 0 Å². The van der Waals surface area contributed by atoms with Gasteiger partial charge in [0.25, 0.3) is 11.8 Å². The van der Waals surface area contributed by atoms with Crippen molar-refractivity contribution >= 4 is 23.5 Å². The Morgan fingerprint density at radius 1 is 1.29 bits per heavy atom. The van der Waals surface area contributed by atoms with Gasteiger partial charge in [0.2, 0.25) is 0 Å². The van der Waals surface area contributed by atoms with Gasteiger partial charge < -0.3 is 15.6 Å². The summed E-state index contributed by atoms with van der Waals surface area (Å²) in [7, 11) is 1.47. The molecule has 0 fully saturated rings. The van der Waals surface area contributed by atoms with Crippen LogP contribution in [0.1, 0.15) is 29.8 Å². The van der Waals surface area contributed by atoms with Crippen molar-refractivity contribution in [1.29, 1.82) is 0 Å². The topological polar surface area (TPSA) is 131 Å². The third-order valence-electron chi connectivity index (χ3n) is 3.81. The van der Waals surface area contributed by atoms with E-state index >= 15 is 0 Å². The number of carboxylic acids is 1. The van der Waals surface area contributed by atoms with Crippen LogP contribution < -0.4 is 10.8 Å². The van der Waals surface area contributed by atoms with Crippen LogP contribution in [0, 0.1) is 0 Å². The Kier molecular flexibility index (Phi) is 4.67. The molecule has 2 atom stereocenters. The molecule has 1 heterocycles. The van der Waals surface area contributed by atoms with Crippen LogP contribution in [0.4, 0.5) is 0 Å². The first kappa shape index (κ1) is 17.6. The lowest BCUT2D eigenvalue weighted by Gasteiger charge is -2.21. The first-order valence-electron chi connectivity index (χ1n) is 7.13. The Labute approximate surface area is 137 Å². The smallest absolute Gasteiger partial charge is 0.325 e. The quantitative estimate of drug-likeness (QED) is 0.552. The molecule has 0 saturated heterocycles. The Morgan fingerprint density at radius 2 is 1.88 bits per heavy atom. The maximum Gasteiger partial charge on any atom is 0.325 e. The van der Waals surface area contributed by atoms with Crippen LogP contribution in [-0.2, 0) is 9.59 Å². The molecule has 1 aromatic carbocycles. The van der Waals surface area contributed by atoms with Crippen molar-refractivity contribution in [1.82, 2.24) is 15.8 Å². The fraction of sp³-hybridized carbons (Fsp3) is 0.333. The second kappa shape index (κ2) is 6.38. The molecule has 0 aliphatic carbocycles. The molecule has 0 spiro atoms. The largest absolute Gasteiger partial charge is 0.480 e. The molecular formula is C15H18N4O5. The third-order valence-corrected chi connectivity index (χ3v) is 3.81. The highest BCUT2D eigenvalue weighted by molar-refractivity contribution is 6.23. The summed E-state index contributed by atoms with van der Waals surface area (Å²) in [4.78, 5) is 34.8. The summed E-state index contributed by atoms with van der Waals surface area (Å²) >= 11 is 0. The number of aliphatic carboxylic acids is 1. The third kappa shape index (κ3) is 2.99. The van der Waals surface area contributed by atoms with Crippen LogP contribution in [0.2, 0.25) is 0 Å². The number of carbonyl (C=O) groups is 3. The van der Waals surface area contributed by atoms with E-state index in [1.54, 1.807) is 12.1 Å². The molecule has 1 aliphatic rings. The van der Waals surface area contributed by atoms with Gasteiger partial charge in [0.05, 0.1) is 5.71 Å². The molecule has 4 N–H and O–H groups in total. The summed E-state index contributed by atoms with van der Waals surface area (Å²) in [5, 5.41) is 25.7. The lowest BCUT2D eigenvalue weighted by atomic mass is 9.91. The maximum atomic E-state index is 12.1. The van der Waals surface area contributed by atoms with Crippen LogP contribution in [-0.4, -0.2) is 57.4 Å². The van der Waals surface area contributed by atoms with Gasteiger partial charge in [-0.1, -0.05) is 12.1 Å². The lowest BCUT2D eigenvalue weighted by molar-refractivity contribution is -0.138. The minimum absolute atomic E-state index is 0.267. The molecule has 1 aliphatic heterocycles. The summed E-state index contributed by atoms with van der Waals surface area (Å²) in [6, 6.07) is 5.11. The van der Waals surface area contributed by atoms with Gasteiger partial charge in [-0.25, -0.2) is 5.01 Å². The predicted octanol–water partition coefficient (Wildman–Crippen LogP) is -0.197. The lowest BCUT2D eigenvalue weighted by Crippen LogP contribution is -2.53. The molecule has 9 nitrogen and oxygen atoms in total. The first-order valence-corrected chi connectivity index (χ1v) is 7.13. The summed E-state index contributed by atoms with van der Waals surface area (Å²) < 4.78 is 0. The van der Waals surface area contributed by atoms with Gasteiger partial charge in [0.1, 0.15) is 6.04 Å². The van der Waals surface area contributed by atoms with E-state index in [2.05, 4.69) is 10.4 Å². The van der Waals surface area contributed by atoms with E-state index in [1.807, 2.05) is 5.48 Å². The fourth-order valence-corrected chi connectivity index (χ4v) is 2.29. The van der Waals surface area contributed by atoms with Gasteiger partial charge in [0, 0.05) is 18.2 Å². The highest BCUT2D eigenvalue weighted by Crippen LogP contribution is 2.23. The van der Waals surface area contributed by atoms with E-state index in [9.17, 15) is 19.6 Å². The average Bonchev–Trinajstić information content (AvgIpc) is 2.79. The van der Waals surface area contributed by atoms with Crippen molar-refractivity contribution < 1.29 is 24.7 Å². The zero-order valence-corrected chi connectivity index (χ0v) is 13.4. The molecule has 1 aromatic rings. The maximum absolute atomic E-state index is 12.1. The number of hydrazone groups is 1. The second-order valence-electron chi connectivity index (χ2n) is 5.62. The first-order chi connectivity index (χ1) is 11.2. The van der Waals surface area contributed by atoms with E-state index < -0.39 is 29.4 Å². The molecule has 0 bridgehead atoms. The number of nitrogens with one attached hydrogen (secondary N) is 2. The molecule has 0 saturated carbocycles. The van der Waals surface area contributed by atoms with Gasteiger partial charge in [-0.15, -0.1) is 0 Å². The minimum atomic E-state index is -1.38. The number of likely N-dealkylation sites (N-methyl/N-ethyl adjacent to an activating group) is 1. The molecule has 0 radical (unpaired) electrons. The normalized spacial score (nSPS) is 21.4. The van der Waals surface area contributed by atoms with E-state index in [1.165, 1.54) is 33.0 Å². The molecule has 2 rings (SSSR count). The van der Waals surface area contributed by atoms with Gasteiger partial charge in [-0.2, -0.15) is 10.6 Å². The number of carbonyl (C=O) groups excluding carboxylic acids is 2. The molecule has 128 valence electrons. The van der Waals surface area contributed by atoms with E-state index in [4.69, 9.17) is 5.11 Å². The minimum Gasteiger partial charge on any atom is -0.480 e. The molecular weight excluding hydrogens is 316 g/mol. The van der Waals surface area contributed by atoms with Gasteiger partial charge >= 0.3 is 5.97 Å². The molecule has 24 heavy (non-hydrogen) atoms. The Hall–Kier alpha value is -2.78. The van der Waals surface area contributed by atoms with Crippen LogP contribution in [0.15, 0.2) is 29.4 Å². The summed E-state index contributed by atoms with van der Waals surface area (Å²) in [5.41, 5.74) is 1.72. The van der Waals surface area contributed by atoms with Crippen molar-refractivity contribution in [2.24, 2.45) is 5.10 Å². The molecule has 0 aromatic heterocycles. The number of carboxylic acid groups (broad SMARTS) is 1. The molecule has 2 amide bonds. The van der Waals surface area contributed by atoms with E-state index in [0.717, 1.165) is 5.01 Å². The van der Waals surface area contributed by atoms with Gasteiger partial charge in [-0.05, 0) is 26.0 Å². The number of benzene rings is 1. The SMILES string of the molecule is C[C@H](NC(=O)c1ccc(C2=NN(C)C(=O)C2(C)NO)cc1)C(=O)O. The highest BCUT2D eigenvalue weighted by Gasteiger charge is 2.46. The van der Waals surface area contributed by atoms with Gasteiger partial charge in [-0.3, -0.25) is 14.4 Å². The summed E-state index contributed by atoms with van der Waals surface area (Å²) in [6.07, 6.45) is 0. The number of hydrogen-bond donors (Lipinski definition) is 4. The Balaban J connectivity index is 2.24. The number of rotatable bonds is 5. The molecule has 9 heteroatoms. The zero-order chi connectivity index (χ0) is 18.1. The van der Waals surface area contributed by atoms with Gasteiger partial charge in [0.15, 0.2) is 5.54 Å². The monoisotopic (exact) mass is 334 g/mol. The Morgan fingerprint density at radius 3 is 2.38 bits per heavy atom. The van der Waals surface area contributed by atoms with Crippen LogP contribution in [0.3, 0.4) is 0 Å². The Bertz CT molecular complexity index is 715. The molecule has 1 unspecified atom stereocenters. The summed E-state index contributed by atoms with van der Waals surface area (Å²) in [6.45, 7) is 2.86. The summed E-state index contributed by atoms with van der Waals surface area (Å²) in [5.74, 6) is -2.08. The highest BCUT2D eigenvalue weighted by atomic mass is 16.5. The number of nitrogens with zero attached hydrogens (tertiary/aromatic N) is 2.